The number of benzene rings is 5. The van der Waals surface area contributed by atoms with E-state index in [2.05, 4.69) is 10.5 Å². The van der Waals surface area contributed by atoms with Gasteiger partial charge in [0.2, 0.25) is 0 Å². The minimum absolute atomic E-state index is 0.0893. The summed E-state index contributed by atoms with van der Waals surface area (Å²) >= 11 is 0. The van der Waals surface area contributed by atoms with E-state index in [0.29, 0.717) is 38.9 Å². The zero-order valence-electron chi connectivity index (χ0n) is 22.4. The lowest BCUT2D eigenvalue weighted by atomic mass is 9.96. The summed E-state index contributed by atoms with van der Waals surface area (Å²) in [5, 5.41) is 18.5. The normalized spacial score (nSPS) is 12.0. The van der Waals surface area contributed by atoms with Crippen LogP contribution < -0.4 is 5.32 Å². The smallest absolute Gasteiger partial charge is 0.335 e. The molecular weight excluding hydrogens is 538 g/mol. The van der Waals surface area contributed by atoms with Gasteiger partial charge in [-0.05, 0) is 88.5 Å². The van der Waals surface area contributed by atoms with Crippen molar-refractivity contribution in [3.8, 4) is 11.1 Å². The molecule has 1 atom stereocenters. The second kappa shape index (κ2) is 10.9. The van der Waals surface area contributed by atoms with Crippen LogP contribution in [0.5, 0.6) is 0 Å². The summed E-state index contributed by atoms with van der Waals surface area (Å²) in [5.41, 5.74) is 3.53. The molecule has 0 radical (unpaired) electrons. The van der Waals surface area contributed by atoms with Gasteiger partial charge in [0.1, 0.15) is 11.6 Å². The van der Waals surface area contributed by atoms with Crippen LogP contribution in [0.2, 0.25) is 0 Å². The first-order valence-electron chi connectivity index (χ1n) is 13.3. The highest BCUT2D eigenvalue weighted by molar-refractivity contribution is 6.08. The third-order valence-corrected chi connectivity index (χ3v) is 7.34. The van der Waals surface area contributed by atoms with E-state index in [1.807, 2.05) is 24.3 Å². The van der Waals surface area contributed by atoms with Crippen LogP contribution in [0, 0.1) is 11.6 Å². The SMILES string of the molecule is C[C@H](NC(=O)c1cc(-c2ccc(F)cc2)cc2onc(Cc3cc4ccccc4cc3F)c12)c1ccc(C(=O)O)cc1. The van der Waals surface area contributed by atoms with Crippen LogP contribution in [-0.2, 0) is 6.42 Å². The van der Waals surface area contributed by atoms with Crippen LogP contribution in [-0.4, -0.2) is 22.1 Å². The van der Waals surface area contributed by atoms with Crippen molar-refractivity contribution in [2.24, 2.45) is 0 Å². The molecule has 6 aromatic rings. The number of fused-ring (bicyclic) bond motifs is 2. The highest BCUT2D eigenvalue weighted by atomic mass is 19.1. The maximum Gasteiger partial charge on any atom is 0.335 e. The number of hydrogen-bond acceptors (Lipinski definition) is 4. The Hall–Kier alpha value is -5.37. The van der Waals surface area contributed by atoms with Crippen molar-refractivity contribution in [2.45, 2.75) is 19.4 Å². The first-order chi connectivity index (χ1) is 20.3. The van der Waals surface area contributed by atoms with E-state index in [-0.39, 0.29) is 23.4 Å². The highest BCUT2D eigenvalue weighted by Crippen LogP contribution is 2.33. The Morgan fingerprint density at radius 3 is 2.26 bits per heavy atom. The van der Waals surface area contributed by atoms with Crippen molar-refractivity contribution in [1.29, 1.82) is 0 Å². The molecule has 5 aromatic carbocycles. The number of rotatable bonds is 7. The van der Waals surface area contributed by atoms with E-state index in [1.54, 1.807) is 49.4 Å². The molecule has 1 amide bonds. The number of nitrogens with zero attached hydrogens (tertiary/aromatic N) is 1. The molecule has 8 heteroatoms. The van der Waals surface area contributed by atoms with Crippen molar-refractivity contribution in [1.82, 2.24) is 10.5 Å². The van der Waals surface area contributed by atoms with E-state index >= 15 is 4.39 Å². The number of carboxylic acids is 1. The molecule has 208 valence electrons. The van der Waals surface area contributed by atoms with Gasteiger partial charge >= 0.3 is 5.97 Å². The van der Waals surface area contributed by atoms with Crippen LogP contribution in [0.25, 0.3) is 32.9 Å². The summed E-state index contributed by atoms with van der Waals surface area (Å²) in [6.45, 7) is 1.79. The number of aromatic carboxylic acids is 1. The van der Waals surface area contributed by atoms with Crippen LogP contribution >= 0.6 is 0 Å². The standard InChI is InChI=1S/C34H24F2N2O4/c1-19(20-6-8-22(9-7-20)34(40)41)37-33(39)28-15-25(21-10-12-27(35)13-11-21)18-31-32(28)30(38-42-31)17-26-14-23-4-2-3-5-24(23)16-29(26)36/h2-16,18-19H,17H2,1H3,(H,37,39)(H,40,41)/t19-/m0/s1. The molecule has 1 heterocycles. The van der Waals surface area contributed by atoms with Gasteiger partial charge in [0.05, 0.1) is 28.2 Å². The number of aromatic nitrogens is 1. The molecule has 0 unspecified atom stereocenters. The molecule has 0 saturated carbocycles. The van der Waals surface area contributed by atoms with Gasteiger partial charge in [0, 0.05) is 6.42 Å². The fourth-order valence-electron chi connectivity index (χ4n) is 5.09. The second-order valence-corrected chi connectivity index (χ2v) is 10.1. The Labute approximate surface area is 239 Å². The Morgan fingerprint density at radius 1 is 0.881 bits per heavy atom. The fourth-order valence-corrected chi connectivity index (χ4v) is 5.09. The topological polar surface area (TPSA) is 92.4 Å². The Balaban J connectivity index is 1.41. The third kappa shape index (κ3) is 5.22. The molecule has 1 aromatic heterocycles. The molecular formula is C34H24F2N2O4. The van der Waals surface area contributed by atoms with Crippen molar-refractivity contribution >= 4 is 33.6 Å². The summed E-state index contributed by atoms with van der Waals surface area (Å²) in [7, 11) is 0. The lowest BCUT2D eigenvalue weighted by Crippen LogP contribution is -2.27. The van der Waals surface area contributed by atoms with Gasteiger partial charge in [-0.3, -0.25) is 4.79 Å². The van der Waals surface area contributed by atoms with E-state index in [9.17, 15) is 19.1 Å². The Kier molecular flexibility index (Phi) is 6.96. The van der Waals surface area contributed by atoms with Crippen molar-refractivity contribution in [3.05, 3.63) is 137 Å². The number of carbonyl (C=O) groups excluding carboxylic acids is 1. The monoisotopic (exact) mass is 562 g/mol. The number of halogens is 2. The average molecular weight is 563 g/mol. The molecule has 0 aliphatic carbocycles. The summed E-state index contributed by atoms with van der Waals surface area (Å²) < 4.78 is 34.4. The number of amides is 1. The highest BCUT2D eigenvalue weighted by Gasteiger charge is 2.23. The van der Waals surface area contributed by atoms with E-state index in [4.69, 9.17) is 4.52 Å². The van der Waals surface area contributed by atoms with Crippen molar-refractivity contribution in [2.75, 3.05) is 0 Å². The van der Waals surface area contributed by atoms with Crippen LogP contribution in [0.3, 0.4) is 0 Å². The summed E-state index contributed by atoms with van der Waals surface area (Å²) in [6.07, 6.45) is 0.0893. The lowest BCUT2D eigenvalue weighted by molar-refractivity contribution is 0.0696. The van der Waals surface area contributed by atoms with E-state index < -0.39 is 23.7 Å². The molecule has 2 N–H and O–H groups in total. The molecule has 0 saturated heterocycles. The molecule has 42 heavy (non-hydrogen) atoms. The zero-order valence-corrected chi connectivity index (χ0v) is 22.4. The van der Waals surface area contributed by atoms with Gasteiger partial charge in [0.25, 0.3) is 5.91 Å². The molecule has 0 aliphatic rings. The average Bonchev–Trinajstić information content (AvgIpc) is 3.40. The molecule has 0 fully saturated rings. The predicted octanol–water partition coefficient (Wildman–Crippen LogP) is 7.71. The summed E-state index contributed by atoms with van der Waals surface area (Å²) in [6, 6.07) is 25.8. The third-order valence-electron chi connectivity index (χ3n) is 7.34. The minimum atomic E-state index is -1.04. The minimum Gasteiger partial charge on any atom is -0.478 e. The number of carboxylic acid groups (broad SMARTS) is 1. The Bertz CT molecular complexity index is 1970. The zero-order chi connectivity index (χ0) is 29.4. The quantitative estimate of drug-likeness (QED) is 0.208. The number of carbonyl (C=O) groups is 2. The molecule has 6 rings (SSSR count). The largest absolute Gasteiger partial charge is 0.478 e. The summed E-state index contributed by atoms with van der Waals surface area (Å²) in [5.74, 6) is -2.25. The molecule has 0 bridgehead atoms. The van der Waals surface area contributed by atoms with Crippen LogP contribution in [0.15, 0.2) is 102 Å². The van der Waals surface area contributed by atoms with Gasteiger partial charge in [-0.1, -0.05) is 53.7 Å². The molecule has 6 nitrogen and oxygen atoms in total. The number of hydrogen-bond donors (Lipinski definition) is 2. The Morgan fingerprint density at radius 2 is 1.57 bits per heavy atom. The fraction of sp³-hybridized carbons (Fsp3) is 0.0882. The van der Waals surface area contributed by atoms with Crippen LogP contribution in [0.1, 0.15) is 50.5 Å². The van der Waals surface area contributed by atoms with E-state index in [1.165, 1.54) is 30.3 Å². The van der Waals surface area contributed by atoms with E-state index in [0.717, 1.165) is 10.8 Å². The summed E-state index contributed by atoms with van der Waals surface area (Å²) in [4.78, 5) is 25.0. The number of nitrogens with one attached hydrogen (secondary N) is 1. The first-order valence-corrected chi connectivity index (χ1v) is 13.3. The van der Waals surface area contributed by atoms with Crippen molar-refractivity contribution < 1.29 is 28.0 Å². The van der Waals surface area contributed by atoms with Gasteiger partial charge in [-0.15, -0.1) is 0 Å². The van der Waals surface area contributed by atoms with Gasteiger partial charge in [0.15, 0.2) is 5.58 Å². The lowest BCUT2D eigenvalue weighted by Gasteiger charge is -2.16. The second-order valence-electron chi connectivity index (χ2n) is 10.1. The van der Waals surface area contributed by atoms with Gasteiger partial charge in [-0.25, -0.2) is 13.6 Å². The van der Waals surface area contributed by atoms with Gasteiger partial charge in [-0.2, -0.15) is 0 Å². The first kappa shape index (κ1) is 26.8. The maximum absolute atomic E-state index is 15.1. The van der Waals surface area contributed by atoms with Crippen LogP contribution in [0.4, 0.5) is 8.78 Å². The predicted molar refractivity (Wildman–Crippen MR) is 155 cm³/mol. The molecule has 0 spiro atoms. The molecule has 0 aliphatic heterocycles. The van der Waals surface area contributed by atoms with Crippen molar-refractivity contribution in [3.63, 3.8) is 0 Å². The maximum atomic E-state index is 15.1. The van der Waals surface area contributed by atoms with Gasteiger partial charge < -0.3 is 14.9 Å².